The smallest absolute Gasteiger partial charge is 0.379 e. The Morgan fingerprint density at radius 3 is 2.51 bits per heavy atom. The second-order valence-corrected chi connectivity index (χ2v) is 10.7. The average Bonchev–Trinajstić information content (AvgIpc) is 3.38. The van der Waals surface area contributed by atoms with Crippen LogP contribution >= 0.6 is 0 Å². The van der Waals surface area contributed by atoms with Gasteiger partial charge in [0.1, 0.15) is 35.9 Å². The SMILES string of the molecule is COc1cc(OC(=O)c2occc2C)ccc1-c1ccc2c(c1COc1cc(F)ccc1C)N(C)C(O)C(C)(C)N2. The molecule has 1 aliphatic heterocycles. The van der Waals surface area contributed by atoms with Crippen LogP contribution in [-0.2, 0) is 6.61 Å². The van der Waals surface area contributed by atoms with E-state index in [1.54, 1.807) is 42.2 Å². The van der Waals surface area contributed by atoms with Crippen LogP contribution in [0.4, 0.5) is 15.8 Å². The summed E-state index contributed by atoms with van der Waals surface area (Å²) >= 11 is 0. The van der Waals surface area contributed by atoms with E-state index in [1.807, 2.05) is 40.0 Å². The van der Waals surface area contributed by atoms with Crippen molar-refractivity contribution in [2.75, 3.05) is 24.4 Å². The molecule has 8 nitrogen and oxygen atoms in total. The number of nitrogens with zero attached hydrogens (tertiary/aromatic N) is 1. The number of rotatable bonds is 7. The molecule has 41 heavy (non-hydrogen) atoms. The van der Waals surface area contributed by atoms with Gasteiger partial charge in [0, 0.05) is 35.9 Å². The van der Waals surface area contributed by atoms with Gasteiger partial charge >= 0.3 is 5.97 Å². The van der Waals surface area contributed by atoms with Crippen LogP contribution < -0.4 is 24.4 Å². The summed E-state index contributed by atoms with van der Waals surface area (Å²) in [6.45, 7) is 7.54. The summed E-state index contributed by atoms with van der Waals surface area (Å²) < 4.78 is 36.8. The van der Waals surface area contributed by atoms with Gasteiger partial charge in [0.15, 0.2) is 0 Å². The van der Waals surface area contributed by atoms with Crippen LogP contribution in [0.5, 0.6) is 17.2 Å². The van der Waals surface area contributed by atoms with Gasteiger partial charge in [-0.2, -0.15) is 0 Å². The number of aliphatic hydroxyl groups is 1. The number of methoxy groups -OCH3 is 1. The van der Waals surface area contributed by atoms with Crippen molar-refractivity contribution >= 4 is 17.3 Å². The molecule has 0 saturated carbocycles. The van der Waals surface area contributed by atoms with Crippen LogP contribution in [0, 0.1) is 19.7 Å². The lowest BCUT2D eigenvalue weighted by atomic mass is 9.91. The Kier molecular flexibility index (Phi) is 7.40. The van der Waals surface area contributed by atoms with E-state index in [2.05, 4.69) is 5.32 Å². The van der Waals surface area contributed by atoms with Crippen molar-refractivity contribution in [1.82, 2.24) is 0 Å². The number of aryl methyl sites for hydroxylation is 2. The number of anilines is 2. The Morgan fingerprint density at radius 1 is 1.05 bits per heavy atom. The molecule has 4 aromatic rings. The summed E-state index contributed by atoms with van der Waals surface area (Å²) in [6, 6.07) is 15.1. The number of carbonyl (C=O) groups excluding carboxylic acids is 1. The Labute approximate surface area is 238 Å². The molecule has 9 heteroatoms. The highest BCUT2D eigenvalue weighted by atomic mass is 19.1. The first-order valence-electron chi connectivity index (χ1n) is 13.2. The number of nitrogens with one attached hydrogen (secondary N) is 1. The fraction of sp³-hybridized carbons (Fsp3) is 0.281. The normalized spacial score (nSPS) is 15.6. The minimum absolute atomic E-state index is 0.0830. The number of likely N-dealkylation sites (N-methyl/N-ethyl adjacent to an activating group) is 1. The first-order valence-corrected chi connectivity index (χ1v) is 13.2. The number of fused-ring (bicyclic) bond motifs is 1. The maximum absolute atomic E-state index is 14.0. The quantitative estimate of drug-likeness (QED) is 0.196. The lowest BCUT2D eigenvalue weighted by Crippen LogP contribution is -2.56. The maximum atomic E-state index is 14.0. The predicted molar refractivity (Wildman–Crippen MR) is 154 cm³/mol. The van der Waals surface area contributed by atoms with Gasteiger partial charge in [-0.25, -0.2) is 9.18 Å². The Bertz CT molecular complexity index is 1610. The van der Waals surface area contributed by atoms with Crippen molar-refractivity contribution in [1.29, 1.82) is 0 Å². The van der Waals surface area contributed by atoms with E-state index in [-0.39, 0.29) is 18.1 Å². The maximum Gasteiger partial charge on any atom is 0.379 e. The van der Waals surface area contributed by atoms with Gasteiger partial charge in [-0.3, -0.25) is 0 Å². The molecule has 0 radical (unpaired) electrons. The van der Waals surface area contributed by atoms with Crippen molar-refractivity contribution < 1.29 is 32.9 Å². The van der Waals surface area contributed by atoms with Crippen molar-refractivity contribution in [2.24, 2.45) is 0 Å². The lowest BCUT2D eigenvalue weighted by Gasteiger charge is -2.46. The second-order valence-electron chi connectivity index (χ2n) is 10.7. The first-order chi connectivity index (χ1) is 19.5. The molecule has 0 fully saturated rings. The number of furan rings is 1. The highest BCUT2D eigenvalue weighted by Gasteiger charge is 2.39. The van der Waals surface area contributed by atoms with E-state index in [4.69, 9.17) is 18.6 Å². The zero-order valence-corrected chi connectivity index (χ0v) is 23.9. The van der Waals surface area contributed by atoms with E-state index in [1.165, 1.54) is 25.5 Å². The zero-order chi connectivity index (χ0) is 29.5. The van der Waals surface area contributed by atoms with Crippen LogP contribution in [0.3, 0.4) is 0 Å². The Morgan fingerprint density at radius 2 is 1.80 bits per heavy atom. The summed E-state index contributed by atoms with van der Waals surface area (Å²) in [6.07, 6.45) is 0.596. The Hall–Kier alpha value is -4.50. The number of esters is 1. The van der Waals surface area contributed by atoms with E-state index >= 15 is 0 Å². The average molecular weight is 561 g/mol. The fourth-order valence-corrected chi connectivity index (χ4v) is 5.13. The van der Waals surface area contributed by atoms with Crippen LogP contribution in [0.25, 0.3) is 11.1 Å². The van der Waals surface area contributed by atoms with Crippen molar-refractivity contribution in [3.05, 3.63) is 89.1 Å². The first kappa shape index (κ1) is 28.0. The molecule has 214 valence electrons. The zero-order valence-electron chi connectivity index (χ0n) is 23.9. The van der Waals surface area contributed by atoms with Gasteiger partial charge < -0.3 is 34.0 Å². The highest BCUT2D eigenvalue weighted by Crippen LogP contribution is 2.46. The van der Waals surface area contributed by atoms with Gasteiger partial charge in [-0.05, 0) is 69.2 Å². The second kappa shape index (κ2) is 10.8. The number of hydrogen-bond donors (Lipinski definition) is 2. The number of hydrogen-bond acceptors (Lipinski definition) is 8. The van der Waals surface area contributed by atoms with Crippen LogP contribution in [0.15, 0.2) is 65.3 Å². The summed E-state index contributed by atoms with van der Waals surface area (Å²) in [7, 11) is 3.36. The predicted octanol–water partition coefficient (Wildman–Crippen LogP) is 6.47. The minimum Gasteiger partial charge on any atom is -0.496 e. The molecule has 0 bridgehead atoms. The molecule has 1 aliphatic rings. The minimum atomic E-state index is -0.839. The molecule has 0 saturated heterocycles. The van der Waals surface area contributed by atoms with E-state index in [9.17, 15) is 14.3 Å². The van der Waals surface area contributed by atoms with Crippen LogP contribution in [0.1, 0.15) is 41.1 Å². The molecule has 5 rings (SSSR count). The molecule has 0 amide bonds. The van der Waals surface area contributed by atoms with Crippen molar-refractivity contribution in [3.8, 4) is 28.4 Å². The van der Waals surface area contributed by atoms with Crippen LogP contribution in [0.2, 0.25) is 0 Å². The summed E-state index contributed by atoms with van der Waals surface area (Å²) in [5.41, 5.74) is 4.66. The van der Waals surface area contributed by atoms with Crippen LogP contribution in [-0.4, -0.2) is 37.0 Å². The summed E-state index contributed by atoms with van der Waals surface area (Å²) in [4.78, 5) is 14.4. The number of aliphatic hydroxyl groups excluding tert-OH is 1. The van der Waals surface area contributed by atoms with Gasteiger partial charge in [0.25, 0.3) is 0 Å². The molecular formula is C32H33FN2O6. The Balaban J connectivity index is 1.58. The van der Waals surface area contributed by atoms with Gasteiger partial charge in [-0.15, -0.1) is 0 Å². The van der Waals surface area contributed by atoms with Gasteiger partial charge in [-0.1, -0.05) is 12.1 Å². The molecule has 0 spiro atoms. The third-order valence-electron chi connectivity index (χ3n) is 7.35. The van der Waals surface area contributed by atoms with Crippen molar-refractivity contribution in [2.45, 2.75) is 46.1 Å². The monoisotopic (exact) mass is 560 g/mol. The molecule has 0 aliphatic carbocycles. The fourth-order valence-electron chi connectivity index (χ4n) is 5.13. The van der Waals surface area contributed by atoms with Gasteiger partial charge in [0.2, 0.25) is 5.76 Å². The molecule has 1 unspecified atom stereocenters. The number of benzene rings is 3. The van der Waals surface area contributed by atoms with Gasteiger partial charge in [0.05, 0.1) is 30.3 Å². The third kappa shape index (κ3) is 5.32. The van der Waals surface area contributed by atoms with E-state index < -0.39 is 23.6 Å². The number of halogens is 1. The highest BCUT2D eigenvalue weighted by molar-refractivity contribution is 5.90. The largest absolute Gasteiger partial charge is 0.496 e. The van der Waals surface area contributed by atoms with E-state index in [0.717, 1.165) is 28.1 Å². The lowest BCUT2D eigenvalue weighted by molar-refractivity contribution is 0.0700. The summed E-state index contributed by atoms with van der Waals surface area (Å²) in [5, 5.41) is 14.5. The summed E-state index contributed by atoms with van der Waals surface area (Å²) in [5.74, 6) is 0.291. The number of ether oxygens (including phenoxy) is 3. The standard InChI is InChI=1S/C32H33FN2O6/c1-18-7-8-20(33)15-26(18)40-17-24-22(11-12-25-28(24)35(5)31(37)32(3,4)34-25)23-10-9-21(16-27(23)38-6)41-30(36)29-19(2)13-14-39-29/h7-16,31,34,37H,17H2,1-6H3. The van der Waals surface area contributed by atoms with Crippen molar-refractivity contribution in [3.63, 3.8) is 0 Å². The molecule has 2 heterocycles. The molecule has 1 atom stereocenters. The topological polar surface area (TPSA) is 93.4 Å². The number of carbonyl (C=O) groups is 1. The molecular weight excluding hydrogens is 527 g/mol. The van der Waals surface area contributed by atoms with E-state index in [0.29, 0.717) is 22.6 Å². The molecule has 1 aromatic heterocycles. The third-order valence-corrected chi connectivity index (χ3v) is 7.35. The molecule has 2 N–H and O–H groups in total. The molecule has 3 aromatic carbocycles.